The highest BCUT2D eigenvalue weighted by molar-refractivity contribution is 5.97. The lowest BCUT2D eigenvalue weighted by atomic mass is 9.99. The van der Waals surface area contributed by atoms with Crippen LogP contribution >= 0.6 is 0 Å². The second-order valence-corrected chi connectivity index (χ2v) is 7.08. The third-order valence-corrected chi connectivity index (χ3v) is 5.01. The molecule has 0 radical (unpaired) electrons. The van der Waals surface area contributed by atoms with Crippen molar-refractivity contribution in [2.45, 2.75) is 13.8 Å². The largest absolute Gasteiger partial charge is 0.456 e. The van der Waals surface area contributed by atoms with E-state index in [2.05, 4.69) is 0 Å². The van der Waals surface area contributed by atoms with Gasteiger partial charge in [0.1, 0.15) is 11.5 Å². The van der Waals surface area contributed by atoms with Crippen molar-refractivity contribution in [2.75, 3.05) is 5.73 Å². The van der Waals surface area contributed by atoms with Crippen molar-refractivity contribution < 1.29 is 4.74 Å². The number of nitrogens with two attached hydrogens (primary N) is 1. The van der Waals surface area contributed by atoms with Crippen LogP contribution in [0.3, 0.4) is 0 Å². The van der Waals surface area contributed by atoms with Crippen molar-refractivity contribution in [3.8, 4) is 22.6 Å². The Morgan fingerprint density at radius 2 is 1.54 bits per heavy atom. The van der Waals surface area contributed by atoms with Gasteiger partial charge in [-0.05, 0) is 54.6 Å². The zero-order valence-corrected chi connectivity index (χ0v) is 16.2. The zero-order chi connectivity index (χ0) is 19.8. The predicted molar refractivity (Wildman–Crippen MR) is 115 cm³/mol. The molecular formula is C24H22N2O2. The highest BCUT2D eigenvalue weighted by atomic mass is 16.5. The molecule has 2 N–H and O–H groups in total. The molecular weight excluding hydrogens is 348 g/mol. The van der Waals surface area contributed by atoms with E-state index in [1.165, 1.54) is 0 Å². The number of fused-ring (bicyclic) bond motifs is 1. The molecule has 4 heteroatoms. The van der Waals surface area contributed by atoms with Crippen LogP contribution in [0.15, 0.2) is 71.7 Å². The SMILES string of the molecule is Cc1cccc(C)c1Oc1ccc(N)cc1-c1cn(C)c(=O)c2ccccc12. The Balaban J connectivity index is 1.98. The number of nitrogen functional groups attached to an aromatic ring is 1. The molecule has 0 aliphatic rings. The van der Waals surface area contributed by atoms with E-state index in [4.69, 9.17) is 10.5 Å². The van der Waals surface area contributed by atoms with E-state index in [0.717, 1.165) is 33.4 Å². The lowest BCUT2D eigenvalue weighted by Crippen LogP contribution is -2.16. The number of rotatable bonds is 3. The van der Waals surface area contributed by atoms with Crippen LogP contribution in [0.4, 0.5) is 5.69 Å². The molecule has 1 heterocycles. The molecule has 4 rings (SSSR count). The molecule has 1 aromatic heterocycles. The van der Waals surface area contributed by atoms with E-state index >= 15 is 0 Å². The van der Waals surface area contributed by atoms with Gasteiger partial charge in [0, 0.05) is 35.4 Å². The first-order valence-corrected chi connectivity index (χ1v) is 9.18. The maximum Gasteiger partial charge on any atom is 0.258 e. The summed E-state index contributed by atoms with van der Waals surface area (Å²) in [6.45, 7) is 4.06. The fourth-order valence-electron chi connectivity index (χ4n) is 3.55. The number of anilines is 1. The zero-order valence-electron chi connectivity index (χ0n) is 16.2. The van der Waals surface area contributed by atoms with Crippen molar-refractivity contribution in [1.29, 1.82) is 0 Å². The maximum atomic E-state index is 12.6. The summed E-state index contributed by atoms with van der Waals surface area (Å²) in [7, 11) is 1.76. The monoisotopic (exact) mass is 370 g/mol. The Morgan fingerprint density at radius 1 is 0.857 bits per heavy atom. The van der Waals surface area contributed by atoms with Gasteiger partial charge in [0.05, 0.1) is 0 Å². The van der Waals surface area contributed by atoms with Crippen molar-refractivity contribution >= 4 is 16.5 Å². The first kappa shape index (κ1) is 17.9. The minimum Gasteiger partial charge on any atom is -0.456 e. The van der Waals surface area contributed by atoms with Crippen LogP contribution in [-0.4, -0.2) is 4.57 Å². The van der Waals surface area contributed by atoms with Gasteiger partial charge in [0.15, 0.2) is 0 Å². The number of para-hydroxylation sites is 1. The summed E-state index contributed by atoms with van der Waals surface area (Å²) in [5, 5.41) is 1.55. The van der Waals surface area contributed by atoms with E-state index in [-0.39, 0.29) is 5.56 Å². The van der Waals surface area contributed by atoms with Gasteiger partial charge in [-0.1, -0.05) is 36.4 Å². The molecule has 0 bridgehead atoms. The molecule has 28 heavy (non-hydrogen) atoms. The Kier molecular flexibility index (Phi) is 4.40. The van der Waals surface area contributed by atoms with E-state index in [0.29, 0.717) is 16.8 Å². The van der Waals surface area contributed by atoms with Gasteiger partial charge in [0.2, 0.25) is 0 Å². The third kappa shape index (κ3) is 3.03. The first-order chi connectivity index (χ1) is 13.5. The van der Waals surface area contributed by atoms with E-state index in [1.54, 1.807) is 11.6 Å². The molecule has 0 aliphatic carbocycles. The Labute approximate surface area is 163 Å². The van der Waals surface area contributed by atoms with Crippen LogP contribution in [0.2, 0.25) is 0 Å². The molecule has 3 aromatic carbocycles. The van der Waals surface area contributed by atoms with Gasteiger partial charge in [-0.25, -0.2) is 0 Å². The quantitative estimate of drug-likeness (QED) is 0.505. The standard InChI is InChI=1S/C24H22N2O2/c1-15-7-6-8-16(2)23(15)28-22-12-11-17(25)13-20(22)21-14-26(3)24(27)19-10-5-4-9-18(19)21/h4-14H,25H2,1-3H3. The lowest BCUT2D eigenvalue weighted by molar-refractivity contribution is 0.477. The van der Waals surface area contributed by atoms with Crippen LogP contribution < -0.4 is 16.0 Å². The Morgan fingerprint density at radius 3 is 2.25 bits per heavy atom. The molecule has 0 atom stereocenters. The molecule has 0 amide bonds. The number of pyridine rings is 1. The number of hydrogen-bond acceptors (Lipinski definition) is 3. The molecule has 0 spiro atoms. The van der Waals surface area contributed by atoms with Gasteiger partial charge in [0.25, 0.3) is 5.56 Å². The fourth-order valence-corrected chi connectivity index (χ4v) is 3.55. The molecule has 0 aliphatic heterocycles. The number of hydrogen-bond donors (Lipinski definition) is 1. The van der Waals surface area contributed by atoms with Gasteiger partial charge in [-0.15, -0.1) is 0 Å². The van der Waals surface area contributed by atoms with Crippen LogP contribution in [0, 0.1) is 13.8 Å². The van der Waals surface area contributed by atoms with Crippen molar-refractivity contribution in [3.63, 3.8) is 0 Å². The van der Waals surface area contributed by atoms with Crippen LogP contribution in [0.5, 0.6) is 11.5 Å². The third-order valence-electron chi connectivity index (χ3n) is 5.01. The number of nitrogens with zero attached hydrogens (tertiary/aromatic N) is 1. The summed E-state index contributed by atoms with van der Waals surface area (Å²) in [6, 6.07) is 19.3. The van der Waals surface area contributed by atoms with Gasteiger partial charge in [-0.3, -0.25) is 4.79 Å². The molecule has 0 unspecified atom stereocenters. The first-order valence-electron chi connectivity index (χ1n) is 9.18. The highest BCUT2D eigenvalue weighted by Gasteiger charge is 2.15. The molecule has 0 fully saturated rings. The second-order valence-electron chi connectivity index (χ2n) is 7.08. The summed E-state index contributed by atoms with van der Waals surface area (Å²) < 4.78 is 7.96. The summed E-state index contributed by atoms with van der Waals surface area (Å²) in [5.41, 5.74) is 10.6. The molecule has 4 nitrogen and oxygen atoms in total. The van der Waals surface area contributed by atoms with E-state index in [9.17, 15) is 4.79 Å². The fraction of sp³-hybridized carbons (Fsp3) is 0.125. The highest BCUT2D eigenvalue weighted by Crippen LogP contribution is 2.39. The number of aromatic nitrogens is 1. The van der Waals surface area contributed by atoms with Crippen molar-refractivity contribution in [3.05, 3.63) is 88.3 Å². The van der Waals surface area contributed by atoms with Crippen molar-refractivity contribution in [2.24, 2.45) is 7.05 Å². The summed E-state index contributed by atoms with van der Waals surface area (Å²) >= 11 is 0. The second kappa shape index (κ2) is 6.89. The van der Waals surface area contributed by atoms with Crippen molar-refractivity contribution in [1.82, 2.24) is 4.57 Å². The van der Waals surface area contributed by atoms with Gasteiger partial charge >= 0.3 is 0 Å². The summed E-state index contributed by atoms with van der Waals surface area (Å²) in [6.07, 6.45) is 1.84. The van der Waals surface area contributed by atoms with Crippen LogP contribution in [0.25, 0.3) is 21.9 Å². The molecule has 0 saturated carbocycles. The minimum atomic E-state index is -0.0273. The number of benzene rings is 3. The Bertz CT molecular complexity index is 1240. The molecule has 4 aromatic rings. The smallest absolute Gasteiger partial charge is 0.258 e. The maximum absolute atomic E-state index is 12.6. The summed E-state index contributed by atoms with van der Waals surface area (Å²) in [4.78, 5) is 12.6. The van der Waals surface area contributed by atoms with Gasteiger partial charge < -0.3 is 15.0 Å². The number of ether oxygens (including phenoxy) is 1. The molecule has 140 valence electrons. The molecule has 0 saturated heterocycles. The van der Waals surface area contributed by atoms with E-state index in [1.807, 2.05) is 80.7 Å². The van der Waals surface area contributed by atoms with Crippen LogP contribution in [-0.2, 0) is 7.05 Å². The predicted octanol–water partition coefficient (Wildman–Crippen LogP) is 5.20. The Hall–Kier alpha value is -3.53. The average molecular weight is 370 g/mol. The van der Waals surface area contributed by atoms with Crippen LogP contribution in [0.1, 0.15) is 11.1 Å². The number of aryl methyl sites for hydroxylation is 3. The normalized spacial score (nSPS) is 11.0. The lowest BCUT2D eigenvalue weighted by Gasteiger charge is -2.17. The van der Waals surface area contributed by atoms with Gasteiger partial charge in [-0.2, -0.15) is 0 Å². The van der Waals surface area contributed by atoms with E-state index < -0.39 is 0 Å². The summed E-state index contributed by atoms with van der Waals surface area (Å²) in [5.74, 6) is 1.54. The topological polar surface area (TPSA) is 57.2 Å². The average Bonchev–Trinajstić information content (AvgIpc) is 2.69. The minimum absolute atomic E-state index is 0.0273.